The molecule has 0 N–H and O–H groups in total. The Morgan fingerprint density at radius 1 is 1.33 bits per heavy atom. The molecule has 15 heavy (non-hydrogen) atoms. The first kappa shape index (κ1) is 13.7. The van der Waals surface area contributed by atoms with Crippen molar-refractivity contribution in [2.24, 2.45) is 0 Å². The van der Waals surface area contributed by atoms with E-state index in [4.69, 9.17) is 0 Å². The van der Waals surface area contributed by atoms with Crippen molar-refractivity contribution in [3.05, 3.63) is 11.6 Å². The molecule has 3 nitrogen and oxygen atoms in total. The number of alkyl halides is 3. The number of ether oxygens (including phenoxy) is 1. The minimum Gasteiger partial charge on any atom is -0.463 e. The standard InChI is InChI=1S/C9H11F3O3/c1-3-15-8(14)5-7(4-6(2)13)9(10,11)12/h5H,3-4H2,1-2H3/b7-5+. The van der Waals surface area contributed by atoms with Gasteiger partial charge < -0.3 is 4.74 Å². The summed E-state index contributed by atoms with van der Waals surface area (Å²) in [5, 5.41) is 0. The maximum atomic E-state index is 12.3. The summed E-state index contributed by atoms with van der Waals surface area (Å²) in [5.41, 5.74) is -1.19. The normalized spacial score (nSPS) is 12.5. The summed E-state index contributed by atoms with van der Waals surface area (Å²) in [6.07, 6.45) is -5.19. The monoisotopic (exact) mass is 224 g/mol. The van der Waals surface area contributed by atoms with Gasteiger partial charge in [0.2, 0.25) is 0 Å². The van der Waals surface area contributed by atoms with Gasteiger partial charge in [-0.2, -0.15) is 13.2 Å². The Morgan fingerprint density at radius 3 is 2.20 bits per heavy atom. The van der Waals surface area contributed by atoms with E-state index in [1.54, 1.807) is 0 Å². The van der Waals surface area contributed by atoms with Crippen LogP contribution in [-0.4, -0.2) is 24.5 Å². The van der Waals surface area contributed by atoms with E-state index in [2.05, 4.69) is 4.74 Å². The lowest BCUT2D eigenvalue weighted by molar-refractivity contribution is -0.138. The largest absolute Gasteiger partial charge is 0.463 e. The molecule has 0 rings (SSSR count). The van der Waals surface area contributed by atoms with E-state index in [1.807, 2.05) is 0 Å². The number of Topliss-reactive ketones (excluding diaryl/α,β-unsaturated/α-hetero) is 1. The van der Waals surface area contributed by atoms with E-state index in [9.17, 15) is 22.8 Å². The number of allylic oxidation sites excluding steroid dienone is 1. The van der Waals surface area contributed by atoms with Crippen LogP contribution in [0.4, 0.5) is 13.2 Å². The van der Waals surface area contributed by atoms with Crippen LogP contribution in [0.25, 0.3) is 0 Å². The molecule has 0 saturated carbocycles. The average molecular weight is 224 g/mol. The van der Waals surface area contributed by atoms with Crippen LogP contribution in [0.15, 0.2) is 11.6 Å². The van der Waals surface area contributed by atoms with Crippen LogP contribution >= 0.6 is 0 Å². The highest BCUT2D eigenvalue weighted by molar-refractivity contribution is 5.86. The molecule has 0 aromatic rings. The Bertz CT molecular complexity index is 279. The second-order valence-corrected chi connectivity index (χ2v) is 2.80. The fourth-order valence-corrected chi connectivity index (χ4v) is 0.827. The average Bonchev–Trinajstić information content (AvgIpc) is 2.00. The highest BCUT2D eigenvalue weighted by Gasteiger charge is 2.34. The minimum absolute atomic E-state index is 0.0134. The molecule has 0 saturated heterocycles. The number of hydrogen-bond donors (Lipinski definition) is 0. The topological polar surface area (TPSA) is 43.4 Å². The van der Waals surface area contributed by atoms with E-state index >= 15 is 0 Å². The number of carbonyl (C=O) groups excluding carboxylic acids is 2. The second-order valence-electron chi connectivity index (χ2n) is 2.80. The molecule has 0 aliphatic heterocycles. The van der Waals surface area contributed by atoms with Gasteiger partial charge in [0.05, 0.1) is 6.61 Å². The highest BCUT2D eigenvalue weighted by atomic mass is 19.4. The van der Waals surface area contributed by atoms with Crippen molar-refractivity contribution in [2.75, 3.05) is 6.61 Å². The maximum Gasteiger partial charge on any atom is 0.413 e. The number of carbonyl (C=O) groups is 2. The molecule has 0 aliphatic carbocycles. The molecule has 0 aromatic carbocycles. The fraction of sp³-hybridized carbons (Fsp3) is 0.556. The smallest absolute Gasteiger partial charge is 0.413 e. The molecule has 0 aliphatic rings. The molecule has 0 spiro atoms. The molecule has 0 atom stereocenters. The van der Waals surface area contributed by atoms with Gasteiger partial charge in [0.15, 0.2) is 0 Å². The van der Waals surface area contributed by atoms with Gasteiger partial charge in [-0.3, -0.25) is 4.79 Å². The third kappa shape index (κ3) is 5.87. The molecule has 6 heteroatoms. The minimum atomic E-state index is -4.68. The molecule has 86 valence electrons. The van der Waals surface area contributed by atoms with E-state index in [1.165, 1.54) is 6.92 Å². The van der Waals surface area contributed by atoms with Crippen LogP contribution in [0.2, 0.25) is 0 Å². The van der Waals surface area contributed by atoms with Gasteiger partial charge in [0.25, 0.3) is 0 Å². The third-order valence-corrected chi connectivity index (χ3v) is 1.38. The second kappa shape index (κ2) is 5.53. The Morgan fingerprint density at radius 2 is 1.87 bits per heavy atom. The van der Waals surface area contributed by atoms with Gasteiger partial charge >= 0.3 is 12.1 Å². The summed E-state index contributed by atoms with van der Waals surface area (Å²) in [6, 6.07) is 0. The van der Waals surface area contributed by atoms with Crippen LogP contribution in [0.3, 0.4) is 0 Å². The first-order valence-corrected chi connectivity index (χ1v) is 4.21. The first-order chi connectivity index (χ1) is 6.77. The Balaban J connectivity index is 4.77. The number of rotatable bonds is 4. The summed E-state index contributed by atoms with van der Waals surface area (Å²) in [6.45, 7) is 2.48. The molecule has 0 aromatic heterocycles. The lowest BCUT2D eigenvalue weighted by Gasteiger charge is -2.09. The number of hydrogen-bond acceptors (Lipinski definition) is 3. The highest BCUT2D eigenvalue weighted by Crippen LogP contribution is 2.28. The van der Waals surface area contributed by atoms with Gasteiger partial charge in [-0.25, -0.2) is 4.79 Å². The van der Waals surface area contributed by atoms with E-state index < -0.39 is 29.9 Å². The molecular weight excluding hydrogens is 213 g/mol. The Kier molecular flexibility index (Phi) is 5.04. The fourth-order valence-electron chi connectivity index (χ4n) is 0.827. The molecular formula is C9H11F3O3. The summed E-state index contributed by atoms with van der Waals surface area (Å²) in [4.78, 5) is 21.3. The van der Waals surface area contributed by atoms with Gasteiger partial charge in [-0.15, -0.1) is 0 Å². The lowest BCUT2D eigenvalue weighted by Crippen LogP contribution is -2.16. The molecule has 0 bridgehead atoms. The van der Waals surface area contributed by atoms with E-state index in [0.717, 1.165) is 6.92 Å². The van der Waals surface area contributed by atoms with Crippen LogP contribution in [0, 0.1) is 0 Å². The summed E-state index contributed by atoms with van der Waals surface area (Å²) < 4.78 is 41.1. The van der Waals surface area contributed by atoms with Gasteiger partial charge in [0, 0.05) is 18.1 Å². The number of ketones is 1. The number of halogens is 3. The van der Waals surface area contributed by atoms with E-state index in [0.29, 0.717) is 6.08 Å². The predicted octanol–water partition coefficient (Wildman–Crippen LogP) is 2.02. The van der Waals surface area contributed by atoms with Crippen LogP contribution in [-0.2, 0) is 14.3 Å². The predicted molar refractivity (Wildman–Crippen MR) is 46.1 cm³/mol. The Labute approximate surface area is 84.9 Å². The van der Waals surface area contributed by atoms with Crippen LogP contribution in [0.1, 0.15) is 20.3 Å². The zero-order valence-corrected chi connectivity index (χ0v) is 8.35. The molecule has 0 amide bonds. The molecule has 0 fully saturated rings. The SMILES string of the molecule is CCOC(=O)/C=C(\CC(C)=O)C(F)(F)F. The van der Waals surface area contributed by atoms with Crippen LogP contribution < -0.4 is 0 Å². The zero-order chi connectivity index (χ0) is 12.1. The van der Waals surface area contributed by atoms with Gasteiger partial charge in [-0.05, 0) is 13.8 Å². The van der Waals surface area contributed by atoms with Crippen molar-refractivity contribution >= 4 is 11.8 Å². The van der Waals surface area contributed by atoms with Crippen molar-refractivity contribution in [3.63, 3.8) is 0 Å². The Hall–Kier alpha value is -1.33. The van der Waals surface area contributed by atoms with Crippen molar-refractivity contribution in [1.82, 2.24) is 0 Å². The van der Waals surface area contributed by atoms with Gasteiger partial charge in [-0.1, -0.05) is 0 Å². The van der Waals surface area contributed by atoms with Crippen molar-refractivity contribution in [2.45, 2.75) is 26.4 Å². The summed E-state index contributed by atoms with van der Waals surface area (Å²) in [7, 11) is 0. The van der Waals surface area contributed by atoms with Gasteiger partial charge in [0.1, 0.15) is 5.78 Å². The van der Waals surface area contributed by atoms with Crippen molar-refractivity contribution in [1.29, 1.82) is 0 Å². The van der Waals surface area contributed by atoms with Crippen LogP contribution in [0.5, 0.6) is 0 Å². The lowest BCUT2D eigenvalue weighted by atomic mass is 10.1. The summed E-state index contributed by atoms with van der Waals surface area (Å²) >= 11 is 0. The molecule has 0 heterocycles. The summed E-state index contributed by atoms with van der Waals surface area (Å²) in [5.74, 6) is -1.76. The number of esters is 1. The molecule has 0 radical (unpaired) electrons. The molecule has 0 unspecified atom stereocenters. The third-order valence-electron chi connectivity index (χ3n) is 1.38. The first-order valence-electron chi connectivity index (χ1n) is 4.21. The van der Waals surface area contributed by atoms with Crippen molar-refractivity contribution < 1.29 is 27.5 Å². The zero-order valence-electron chi connectivity index (χ0n) is 8.35. The van der Waals surface area contributed by atoms with E-state index in [-0.39, 0.29) is 6.61 Å². The quantitative estimate of drug-likeness (QED) is 0.542. The maximum absolute atomic E-state index is 12.3. The van der Waals surface area contributed by atoms with Crippen molar-refractivity contribution in [3.8, 4) is 0 Å².